The highest BCUT2D eigenvalue weighted by atomic mass is 32.1. The zero-order valence-corrected chi connectivity index (χ0v) is 10.3. The number of nitrogens with zero attached hydrogens (tertiary/aromatic N) is 2. The van der Waals surface area contributed by atoms with Crippen molar-refractivity contribution in [3.8, 4) is 16.3 Å². The van der Waals surface area contributed by atoms with Gasteiger partial charge in [-0.05, 0) is 24.3 Å². The summed E-state index contributed by atoms with van der Waals surface area (Å²) in [5.74, 6) is -0.617. The van der Waals surface area contributed by atoms with Crippen LogP contribution in [0.1, 0.15) is 0 Å². The molecule has 0 aliphatic carbocycles. The Morgan fingerprint density at radius 2 is 1.60 bits per heavy atom. The molecule has 108 valence electrons. The van der Waals surface area contributed by atoms with Crippen molar-refractivity contribution < 1.29 is 26.7 Å². The number of benzene rings is 1. The van der Waals surface area contributed by atoms with Gasteiger partial charge < -0.3 is 10.5 Å². The zero-order valence-electron chi connectivity index (χ0n) is 9.49. The van der Waals surface area contributed by atoms with Crippen molar-refractivity contribution in [1.29, 1.82) is 0 Å². The predicted molar refractivity (Wildman–Crippen MR) is 61.4 cm³/mol. The molecule has 1 heterocycles. The van der Waals surface area contributed by atoms with Gasteiger partial charge in [-0.3, -0.25) is 0 Å². The van der Waals surface area contributed by atoms with Gasteiger partial charge in [-0.25, -0.2) is 0 Å². The Labute approximate surface area is 113 Å². The van der Waals surface area contributed by atoms with Gasteiger partial charge in [0.2, 0.25) is 5.13 Å². The fourth-order valence-corrected chi connectivity index (χ4v) is 1.84. The molecule has 0 saturated carbocycles. The molecule has 4 nitrogen and oxygen atoms in total. The molecule has 0 fully saturated rings. The minimum Gasteiger partial charge on any atom is -0.426 e. The van der Waals surface area contributed by atoms with Crippen LogP contribution in [0.4, 0.5) is 27.1 Å². The van der Waals surface area contributed by atoms with Gasteiger partial charge in [0.1, 0.15) is 10.8 Å². The quantitative estimate of drug-likeness (QED) is 0.883. The van der Waals surface area contributed by atoms with E-state index in [1.807, 2.05) is 0 Å². The van der Waals surface area contributed by atoms with Crippen LogP contribution < -0.4 is 10.5 Å². The number of hydrogen-bond acceptors (Lipinski definition) is 5. The lowest BCUT2D eigenvalue weighted by Crippen LogP contribution is -2.41. The lowest BCUT2D eigenvalue weighted by molar-refractivity contribution is -0.360. The lowest BCUT2D eigenvalue weighted by atomic mass is 10.2. The summed E-state index contributed by atoms with van der Waals surface area (Å²) in [6.07, 6.45) is -11.0. The molecular formula is C10H6F5N3OS. The fraction of sp³-hybridized carbons (Fsp3) is 0.200. The smallest absolute Gasteiger partial charge is 0.426 e. The van der Waals surface area contributed by atoms with Gasteiger partial charge in [0.15, 0.2) is 0 Å². The van der Waals surface area contributed by atoms with Crippen LogP contribution in [0.3, 0.4) is 0 Å². The Morgan fingerprint density at radius 1 is 1.00 bits per heavy atom. The first-order chi connectivity index (χ1) is 9.19. The van der Waals surface area contributed by atoms with E-state index in [0.29, 0.717) is 10.6 Å². The molecule has 0 aliphatic heterocycles. The van der Waals surface area contributed by atoms with Gasteiger partial charge in [0.05, 0.1) is 0 Å². The number of hydrogen-bond donors (Lipinski definition) is 1. The second-order valence-corrected chi connectivity index (χ2v) is 4.60. The molecule has 2 aromatic rings. The highest BCUT2D eigenvalue weighted by Crippen LogP contribution is 2.37. The largest absolute Gasteiger partial charge is 0.499 e. The average Bonchev–Trinajstić information content (AvgIpc) is 2.75. The first-order valence-electron chi connectivity index (χ1n) is 5.02. The third kappa shape index (κ3) is 2.95. The summed E-state index contributed by atoms with van der Waals surface area (Å²) in [6, 6.07) is 4.52. The van der Waals surface area contributed by atoms with Crippen molar-refractivity contribution in [3.05, 3.63) is 24.3 Å². The second-order valence-electron chi connectivity index (χ2n) is 3.59. The molecule has 0 saturated heterocycles. The maximum Gasteiger partial charge on any atom is 0.499 e. The topological polar surface area (TPSA) is 61.0 Å². The summed E-state index contributed by atoms with van der Waals surface area (Å²) in [4.78, 5) is 0. The number of alkyl halides is 5. The normalized spacial score (nSPS) is 12.4. The van der Waals surface area contributed by atoms with Crippen LogP contribution in [0, 0.1) is 0 Å². The molecule has 1 aromatic carbocycles. The van der Waals surface area contributed by atoms with Crippen LogP contribution in [-0.2, 0) is 0 Å². The third-order valence-corrected chi connectivity index (χ3v) is 2.92. The Morgan fingerprint density at radius 3 is 2.05 bits per heavy atom. The van der Waals surface area contributed by atoms with E-state index >= 15 is 0 Å². The van der Waals surface area contributed by atoms with Gasteiger partial charge in [0.25, 0.3) is 0 Å². The van der Waals surface area contributed by atoms with Crippen LogP contribution >= 0.6 is 11.3 Å². The summed E-state index contributed by atoms with van der Waals surface area (Å²) in [5, 5.41) is 7.88. The van der Waals surface area contributed by atoms with E-state index in [0.717, 1.165) is 23.5 Å². The Bertz CT molecular complexity index is 596. The van der Waals surface area contributed by atoms with Crippen LogP contribution in [0.2, 0.25) is 0 Å². The van der Waals surface area contributed by atoms with E-state index < -0.39 is 18.0 Å². The molecular weight excluding hydrogens is 305 g/mol. The number of nitrogen functional groups attached to an aromatic ring is 1. The maximum absolute atomic E-state index is 12.7. The van der Waals surface area contributed by atoms with Crippen molar-refractivity contribution in [2.75, 3.05) is 5.73 Å². The highest BCUT2D eigenvalue weighted by molar-refractivity contribution is 7.18. The summed E-state index contributed by atoms with van der Waals surface area (Å²) >= 11 is 1.05. The first-order valence-corrected chi connectivity index (χ1v) is 5.84. The van der Waals surface area contributed by atoms with Crippen molar-refractivity contribution in [2.24, 2.45) is 0 Å². The highest BCUT2D eigenvalue weighted by Gasteiger charge is 2.61. The molecule has 0 bridgehead atoms. The molecule has 10 heteroatoms. The van der Waals surface area contributed by atoms with Gasteiger partial charge in [-0.2, -0.15) is 22.0 Å². The molecule has 0 radical (unpaired) electrons. The average molecular weight is 311 g/mol. The van der Waals surface area contributed by atoms with E-state index in [1.54, 1.807) is 0 Å². The van der Waals surface area contributed by atoms with Crippen LogP contribution in [0.15, 0.2) is 24.3 Å². The third-order valence-electron chi connectivity index (χ3n) is 2.12. The van der Waals surface area contributed by atoms with E-state index in [4.69, 9.17) is 5.73 Å². The maximum atomic E-state index is 12.7. The Balaban J connectivity index is 2.17. The standard InChI is InChI=1S/C10H6F5N3OS/c11-9(12,13)10(14,15)19-6-3-1-5(2-4-6)7-17-18-8(16)20-7/h1-4H,(H2,16,18). The summed E-state index contributed by atoms with van der Waals surface area (Å²) < 4.78 is 64.8. The second kappa shape index (κ2) is 4.85. The summed E-state index contributed by atoms with van der Waals surface area (Å²) in [7, 11) is 0. The van der Waals surface area contributed by atoms with Crippen molar-refractivity contribution in [1.82, 2.24) is 10.2 Å². The van der Waals surface area contributed by atoms with E-state index in [9.17, 15) is 22.0 Å². The molecule has 0 atom stereocenters. The number of ether oxygens (including phenoxy) is 1. The first kappa shape index (κ1) is 14.4. The van der Waals surface area contributed by atoms with Gasteiger partial charge in [0, 0.05) is 5.56 Å². The summed E-state index contributed by atoms with van der Waals surface area (Å²) in [5.41, 5.74) is 5.85. The van der Waals surface area contributed by atoms with E-state index in [-0.39, 0.29) is 5.13 Å². The molecule has 0 unspecified atom stereocenters. The molecule has 0 aliphatic rings. The minimum absolute atomic E-state index is 0.212. The lowest BCUT2D eigenvalue weighted by Gasteiger charge is -2.20. The van der Waals surface area contributed by atoms with Crippen molar-refractivity contribution in [2.45, 2.75) is 12.3 Å². The predicted octanol–water partition coefficient (Wildman–Crippen LogP) is 3.32. The fourth-order valence-electron chi connectivity index (χ4n) is 1.22. The molecule has 1 aromatic heterocycles. The zero-order chi connectivity index (χ0) is 15.0. The van der Waals surface area contributed by atoms with Crippen LogP contribution in [0.25, 0.3) is 10.6 Å². The number of halogens is 5. The van der Waals surface area contributed by atoms with Gasteiger partial charge in [-0.1, -0.05) is 11.3 Å². The number of rotatable bonds is 3. The van der Waals surface area contributed by atoms with Gasteiger partial charge in [-0.15, -0.1) is 10.2 Å². The monoisotopic (exact) mass is 311 g/mol. The number of aromatic nitrogens is 2. The van der Waals surface area contributed by atoms with Crippen LogP contribution in [0.5, 0.6) is 5.75 Å². The van der Waals surface area contributed by atoms with Crippen molar-refractivity contribution in [3.63, 3.8) is 0 Å². The molecule has 2 N–H and O–H groups in total. The van der Waals surface area contributed by atoms with E-state index in [1.165, 1.54) is 12.1 Å². The SMILES string of the molecule is Nc1nnc(-c2ccc(OC(F)(F)C(F)(F)F)cc2)s1. The minimum atomic E-state index is -5.78. The Kier molecular flexibility index (Phi) is 3.50. The summed E-state index contributed by atoms with van der Waals surface area (Å²) in [6.45, 7) is 0. The molecule has 0 amide bonds. The van der Waals surface area contributed by atoms with Gasteiger partial charge >= 0.3 is 12.3 Å². The van der Waals surface area contributed by atoms with Crippen LogP contribution in [-0.4, -0.2) is 22.5 Å². The van der Waals surface area contributed by atoms with Crippen molar-refractivity contribution >= 4 is 16.5 Å². The number of nitrogens with two attached hydrogens (primary N) is 1. The van der Waals surface area contributed by atoms with E-state index in [2.05, 4.69) is 14.9 Å². The molecule has 20 heavy (non-hydrogen) atoms. The number of anilines is 1. The Hall–Kier alpha value is -1.97. The molecule has 0 spiro atoms. The molecule has 2 rings (SSSR count).